The topological polar surface area (TPSA) is 29.1 Å². The van der Waals surface area contributed by atoms with Crippen LogP contribution in [0, 0.1) is 5.82 Å². The molecule has 0 heterocycles. The van der Waals surface area contributed by atoms with Crippen molar-refractivity contribution in [2.75, 3.05) is 5.32 Å². The quantitative estimate of drug-likeness (QED) is 0.864. The lowest BCUT2D eigenvalue weighted by Crippen LogP contribution is -2.14. The van der Waals surface area contributed by atoms with Gasteiger partial charge in [0.1, 0.15) is 5.82 Å². The number of anilines is 1. The van der Waals surface area contributed by atoms with E-state index in [0.717, 1.165) is 4.47 Å². The molecule has 18 heavy (non-hydrogen) atoms. The van der Waals surface area contributed by atoms with Crippen LogP contribution in [-0.2, 0) is 0 Å². The van der Waals surface area contributed by atoms with E-state index in [-0.39, 0.29) is 10.6 Å². The first-order chi connectivity index (χ1) is 8.58. The normalized spacial score (nSPS) is 10.2. The molecule has 0 unspecified atom stereocenters. The molecule has 1 N–H and O–H groups in total. The lowest BCUT2D eigenvalue weighted by Gasteiger charge is -2.07. The Labute approximate surface area is 117 Å². The number of nitrogens with one attached hydrogen (secondary N) is 1. The molecule has 2 nitrogen and oxygen atoms in total. The molecule has 0 aliphatic carbocycles. The third-order valence-corrected chi connectivity index (χ3v) is 3.14. The van der Waals surface area contributed by atoms with E-state index in [1.54, 1.807) is 24.3 Å². The smallest absolute Gasteiger partial charge is 0.260 e. The van der Waals surface area contributed by atoms with Crippen molar-refractivity contribution in [1.82, 2.24) is 0 Å². The largest absolute Gasteiger partial charge is 0.322 e. The number of amides is 1. The lowest BCUT2D eigenvalue weighted by atomic mass is 10.2. The number of carbonyl (C=O) groups excluding carboxylic acids is 1. The van der Waals surface area contributed by atoms with E-state index < -0.39 is 11.7 Å². The number of rotatable bonds is 2. The van der Waals surface area contributed by atoms with Gasteiger partial charge in [-0.15, -0.1) is 0 Å². The van der Waals surface area contributed by atoms with E-state index in [9.17, 15) is 9.18 Å². The highest BCUT2D eigenvalue weighted by atomic mass is 79.9. The van der Waals surface area contributed by atoms with Gasteiger partial charge in [0.15, 0.2) is 0 Å². The molecule has 0 aliphatic heterocycles. The molecule has 92 valence electrons. The van der Waals surface area contributed by atoms with Crippen LogP contribution in [0.5, 0.6) is 0 Å². The van der Waals surface area contributed by atoms with Crippen molar-refractivity contribution in [3.8, 4) is 0 Å². The molecule has 0 bridgehead atoms. The summed E-state index contributed by atoms with van der Waals surface area (Å²) in [4.78, 5) is 11.9. The molecule has 0 saturated heterocycles. The maximum absolute atomic E-state index is 13.5. The monoisotopic (exact) mass is 327 g/mol. The Hall–Kier alpha value is -1.39. The molecule has 5 heteroatoms. The van der Waals surface area contributed by atoms with Gasteiger partial charge in [0.2, 0.25) is 0 Å². The Bertz CT molecular complexity index is 566. The van der Waals surface area contributed by atoms with Crippen LogP contribution in [0.15, 0.2) is 46.9 Å². The van der Waals surface area contributed by atoms with E-state index >= 15 is 0 Å². The van der Waals surface area contributed by atoms with Gasteiger partial charge in [0.25, 0.3) is 5.91 Å². The van der Waals surface area contributed by atoms with Gasteiger partial charge in [-0.1, -0.05) is 33.6 Å². The van der Waals surface area contributed by atoms with Crippen LogP contribution in [0.1, 0.15) is 10.4 Å². The van der Waals surface area contributed by atoms with E-state index in [1.165, 1.54) is 18.2 Å². The first-order valence-electron chi connectivity index (χ1n) is 5.09. The molecular weight excluding hydrogens is 321 g/mol. The Morgan fingerprint density at radius 3 is 2.44 bits per heavy atom. The van der Waals surface area contributed by atoms with Crippen molar-refractivity contribution in [2.24, 2.45) is 0 Å². The van der Waals surface area contributed by atoms with Crippen LogP contribution in [0.3, 0.4) is 0 Å². The van der Waals surface area contributed by atoms with Crippen LogP contribution in [0.4, 0.5) is 10.1 Å². The lowest BCUT2D eigenvalue weighted by molar-refractivity contribution is 0.102. The molecule has 2 rings (SSSR count). The van der Waals surface area contributed by atoms with E-state index in [2.05, 4.69) is 21.2 Å². The predicted molar refractivity (Wildman–Crippen MR) is 73.5 cm³/mol. The molecular formula is C13H8BrClFNO. The third-order valence-electron chi connectivity index (χ3n) is 2.29. The van der Waals surface area contributed by atoms with Gasteiger partial charge in [-0.25, -0.2) is 4.39 Å². The molecule has 0 aliphatic rings. The Balaban J connectivity index is 2.25. The maximum Gasteiger partial charge on any atom is 0.260 e. The number of hydrogen-bond acceptors (Lipinski definition) is 1. The fourth-order valence-electron chi connectivity index (χ4n) is 1.44. The molecule has 0 fully saturated rings. The second-order valence-corrected chi connectivity index (χ2v) is 4.88. The van der Waals surface area contributed by atoms with Crippen LogP contribution < -0.4 is 5.32 Å². The molecule has 0 spiro atoms. The van der Waals surface area contributed by atoms with Crippen molar-refractivity contribution < 1.29 is 9.18 Å². The standard InChI is InChI=1S/C13H8BrClFNO/c14-8-4-6-9(7-5-8)17-13(18)12-10(15)2-1-3-11(12)16/h1-7H,(H,17,18). The third kappa shape index (κ3) is 2.89. The molecule has 0 radical (unpaired) electrons. The van der Waals surface area contributed by atoms with Gasteiger partial charge in [0, 0.05) is 10.2 Å². The molecule has 0 aromatic heterocycles. The Morgan fingerprint density at radius 2 is 1.83 bits per heavy atom. The highest BCUT2D eigenvalue weighted by Gasteiger charge is 2.15. The zero-order valence-electron chi connectivity index (χ0n) is 9.08. The van der Waals surface area contributed by atoms with Gasteiger partial charge in [0.05, 0.1) is 10.6 Å². The van der Waals surface area contributed by atoms with E-state index in [1.807, 2.05) is 0 Å². The number of benzene rings is 2. The summed E-state index contributed by atoms with van der Waals surface area (Å²) in [7, 11) is 0. The first kappa shape index (κ1) is 13.1. The zero-order valence-corrected chi connectivity index (χ0v) is 11.4. The SMILES string of the molecule is O=C(Nc1ccc(Br)cc1)c1c(F)cccc1Cl. The summed E-state index contributed by atoms with van der Waals surface area (Å²) in [5.41, 5.74) is 0.421. The van der Waals surface area contributed by atoms with Crippen LogP contribution in [-0.4, -0.2) is 5.91 Å². The minimum atomic E-state index is -0.642. The Morgan fingerprint density at radius 1 is 1.17 bits per heavy atom. The Kier molecular flexibility index (Phi) is 3.99. The summed E-state index contributed by atoms with van der Waals surface area (Å²) in [5.74, 6) is -1.21. The summed E-state index contributed by atoms with van der Waals surface area (Å²) >= 11 is 9.09. The van der Waals surface area contributed by atoms with E-state index in [0.29, 0.717) is 5.69 Å². The van der Waals surface area contributed by atoms with Crippen molar-refractivity contribution in [3.05, 3.63) is 63.3 Å². The van der Waals surface area contributed by atoms with Crippen LogP contribution >= 0.6 is 27.5 Å². The average Bonchev–Trinajstić information content (AvgIpc) is 2.32. The van der Waals surface area contributed by atoms with Gasteiger partial charge in [-0.05, 0) is 36.4 Å². The zero-order chi connectivity index (χ0) is 13.1. The fourth-order valence-corrected chi connectivity index (χ4v) is 1.95. The number of halogens is 3. The number of carbonyl (C=O) groups is 1. The molecule has 1 amide bonds. The molecule has 2 aromatic carbocycles. The minimum Gasteiger partial charge on any atom is -0.322 e. The van der Waals surface area contributed by atoms with Crippen LogP contribution in [0.25, 0.3) is 0 Å². The second-order valence-electron chi connectivity index (χ2n) is 3.56. The highest BCUT2D eigenvalue weighted by molar-refractivity contribution is 9.10. The van der Waals surface area contributed by atoms with Crippen molar-refractivity contribution >= 4 is 39.1 Å². The van der Waals surface area contributed by atoms with Crippen molar-refractivity contribution in [3.63, 3.8) is 0 Å². The van der Waals surface area contributed by atoms with Gasteiger partial charge in [-0.3, -0.25) is 4.79 Å². The highest BCUT2D eigenvalue weighted by Crippen LogP contribution is 2.21. The molecule has 0 saturated carbocycles. The summed E-state index contributed by atoms with van der Waals surface area (Å²) in [6.45, 7) is 0. The van der Waals surface area contributed by atoms with Crippen LogP contribution in [0.2, 0.25) is 5.02 Å². The summed E-state index contributed by atoms with van der Waals surface area (Å²) in [6.07, 6.45) is 0. The maximum atomic E-state index is 13.5. The fraction of sp³-hybridized carbons (Fsp3) is 0. The molecule has 0 atom stereocenters. The first-order valence-corrected chi connectivity index (χ1v) is 6.26. The summed E-state index contributed by atoms with van der Waals surface area (Å²) < 4.78 is 14.4. The van der Waals surface area contributed by atoms with Crippen molar-refractivity contribution in [2.45, 2.75) is 0 Å². The van der Waals surface area contributed by atoms with E-state index in [4.69, 9.17) is 11.6 Å². The predicted octanol–water partition coefficient (Wildman–Crippen LogP) is 4.49. The average molecular weight is 329 g/mol. The van der Waals surface area contributed by atoms with Crippen molar-refractivity contribution in [1.29, 1.82) is 0 Å². The second kappa shape index (κ2) is 5.50. The van der Waals surface area contributed by atoms with Gasteiger partial charge < -0.3 is 5.32 Å². The summed E-state index contributed by atoms with van der Waals surface area (Å²) in [5, 5.41) is 2.67. The van der Waals surface area contributed by atoms with Gasteiger partial charge in [-0.2, -0.15) is 0 Å². The summed E-state index contributed by atoms with van der Waals surface area (Å²) in [6, 6.07) is 11.1. The molecule has 2 aromatic rings. The van der Waals surface area contributed by atoms with Gasteiger partial charge >= 0.3 is 0 Å². The minimum absolute atomic E-state index is 0.0876. The number of hydrogen-bond donors (Lipinski definition) is 1.